The van der Waals surface area contributed by atoms with Crippen molar-refractivity contribution in [1.29, 1.82) is 0 Å². The standard InChI is InChI=1S/C21H24N4O4/c1-29-18-7-3-2-6-16(18)10-12-25-20(27)17(24-21(25)28)8-9-19(26)23-14-15-5-4-11-22-13-15/h2-7,11,13,17H,8-10,12,14H2,1H3,(H,23,26)(H,24,28)/t17-/m1/s1. The Labute approximate surface area is 169 Å². The van der Waals surface area contributed by atoms with Crippen LogP contribution in [0, 0.1) is 0 Å². The van der Waals surface area contributed by atoms with Gasteiger partial charge in [-0.25, -0.2) is 4.79 Å². The second-order valence-corrected chi connectivity index (χ2v) is 6.73. The molecule has 0 unspecified atom stereocenters. The monoisotopic (exact) mass is 396 g/mol. The number of hydrogen-bond donors (Lipinski definition) is 2. The van der Waals surface area contributed by atoms with Crippen LogP contribution < -0.4 is 15.4 Å². The van der Waals surface area contributed by atoms with Crippen LogP contribution in [0.15, 0.2) is 48.8 Å². The quantitative estimate of drug-likeness (QED) is 0.628. The summed E-state index contributed by atoms with van der Waals surface area (Å²) >= 11 is 0. The molecule has 8 heteroatoms. The van der Waals surface area contributed by atoms with Gasteiger partial charge in [0.2, 0.25) is 5.91 Å². The molecule has 29 heavy (non-hydrogen) atoms. The second-order valence-electron chi connectivity index (χ2n) is 6.73. The van der Waals surface area contributed by atoms with Crippen molar-refractivity contribution >= 4 is 17.8 Å². The molecular formula is C21H24N4O4. The minimum atomic E-state index is -0.677. The molecule has 2 heterocycles. The van der Waals surface area contributed by atoms with Crippen molar-refractivity contribution in [2.75, 3.05) is 13.7 Å². The molecule has 1 aromatic carbocycles. The van der Waals surface area contributed by atoms with Gasteiger partial charge in [0.25, 0.3) is 5.91 Å². The van der Waals surface area contributed by atoms with Crippen LogP contribution in [-0.2, 0) is 22.6 Å². The van der Waals surface area contributed by atoms with Crippen LogP contribution in [0.1, 0.15) is 24.0 Å². The van der Waals surface area contributed by atoms with Gasteiger partial charge in [-0.05, 0) is 36.1 Å². The summed E-state index contributed by atoms with van der Waals surface area (Å²) in [4.78, 5) is 42.0. The predicted molar refractivity (Wildman–Crippen MR) is 106 cm³/mol. The van der Waals surface area contributed by atoms with E-state index < -0.39 is 12.1 Å². The highest BCUT2D eigenvalue weighted by atomic mass is 16.5. The average molecular weight is 396 g/mol. The fourth-order valence-corrected chi connectivity index (χ4v) is 3.19. The summed E-state index contributed by atoms with van der Waals surface area (Å²) in [5, 5.41) is 5.45. The van der Waals surface area contributed by atoms with Gasteiger partial charge in [0.05, 0.1) is 7.11 Å². The third-order valence-electron chi connectivity index (χ3n) is 4.78. The van der Waals surface area contributed by atoms with Crippen molar-refractivity contribution in [3.63, 3.8) is 0 Å². The van der Waals surface area contributed by atoms with Crippen molar-refractivity contribution in [3.05, 3.63) is 59.9 Å². The first-order chi connectivity index (χ1) is 14.1. The number of ether oxygens (including phenoxy) is 1. The van der Waals surface area contributed by atoms with Crippen LogP contribution in [0.3, 0.4) is 0 Å². The molecule has 4 amide bonds. The molecule has 1 fully saturated rings. The summed E-state index contributed by atoms with van der Waals surface area (Å²) in [5.41, 5.74) is 1.82. The third-order valence-corrected chi connectivity index (χ3v) is 4.78. The smallest absolute Gasteiger partial charge is 0.324 e. The molecule has 1 saturated heterocycles. The topological polar surface area (TPSA) is 101 Å². The maximum absolute atomic E-state index is 12.6. The molecule has 0 spiro atoms. The number of rotatable bonds is 9. The number of nitrogens with one attached hydrogen (secondary N) is 2. The summed E-state index contributed by atoms with van der Waals surface area (Å²) in [7, 11) is 1.59. The fraction of sp³-hybridized carbons (Fsp3) is 0.333. The molecule has 8 nitrogen and oxygen atoms in total. The van der Waals surface area contributed by atoms with Gasteiger partial charge < -0.3 is 15.4 Å². The molecule has 152 valence electrons. The number of urea groups is 1. The number of aromatic nitrogens is 1. The van der Waals surface area contributed by atoms with Crippen molar-refractivity contribution in [1.82, 2.24) is 20.5 Å². The second kappa shape index (κ2) is 9.68. The maximum Gasteiger partial charge on any atom is 0.324 e. The molecule has 1 aromatic heterocycles. The Morgan fingerprint density at radius 3 is 2.83 bits per heavy atom. The fourth-order valence-electron chi connectivity index (χ4n) is 3.19. The number of carbonyl (C=O) groups excluding carboxylic acids is 3. The van der Waals surface area contributed by atoms with E-state index in [9.17, 15) is 14.4 Å². The Hall–Kier alpha value is -3.42. The van der Waals surface area contributed by atoms with E-state index >= 15 is 0 Å². The third kappa shape index (κ3) is 5.31. The summed E-state index contributed by atoms with van der Waals surface area (Å²) in [6.45, 7) is 0.636. The van der Waals surface area contributed by atoms with Gasteiger partial charge in [-0.3, -0.25) is 19.5 Å². The summed E-state index contributed by atoms with van der Waals surface area (Å²) in [5.74, 6) is 0.245. The minimum Gasteiger partial charge on any atom is -0.496 e. The zero-order chi connectivity index (χ0) is 20.6. The summed E-state index contributed by atoms with van der Waals surface area (Å²) in [6.07, 6.45) is 4.26. The first-order valence-electron chi connectivity index (χ1n) is 9.48. The van der Waals surface area contributed by atoms with Gasteiger partial charge in [-0.1, -0.05) is 24.3 Å². The first kappa shape index (κ1) is 20.3. The van der Waals surface area contributed by atoms with Crippen LogP contribution in [0.2, 0.25) is 0 Å². The Balaban J connectivity index is 1.46. The number of methoxy groups -OCH3 is 1. The summed E-state index contributed by atoms with van der Waals surface area (Å²) in [6, 6.07) is 10.1. The predicted octanol–water partition coefficient (Wildman–Crippen LogP) is 1.65. The molecule has 3 rings (SSSR count). The number of pyridine rings is 1. The van der Waals surface area contributed by atoms with Crippen LogP contribution in [0.25, 0.3) is 0 Å². The van der Waals surface area contributed by atoms with Gasteiger partial charge in [-0.2, -0.15) is 0 Å². The molecular weight excluding hydrogens is 372 g/mol. The first-order valence-corrected chi connectivity index (χ1v) is 9.48. The largest absolute Gasteiger partial charge is 0.496 e. The van der Waals surface area contributed by atoms with E-state index in [4.69, 9.17) is 4.74 Å². The van der Waals surface area contributed by atoms with E-state index in [1.165, 1.54) is 4.90 Å². The number of amides is 4. The van der Waals surface area contributed by atoms with E-state index in [1.807, 2.05) is 30.3 Å². The van der Waals surface area contributed by atoms with Gasteiger partial charge in [0.1, 0.15) is 11.8 Å². The van der Waals surface area contributed by atoms with E-state index in [2.05, 4.69) is 15.6 Å². The lowest BCUT2D eigenvalue weighted by Gasteiger charge is -2.14. The molecule has 1 aliphatic rings. The lowest BCUT2D eigenvalue weighted by molar-refractivity contribution is -0.127. The van der Waals surface area contributed by atoms with Gasteiger partial charge in [0.15, 0.2) is 0 Å². The lowest BCUT2D eigenvalue weighted by Crippen LogP contribution is -2.34. The van der Waals surface area contributed by atoms with E-state index in [1.54, 1.807) is 25.6 Å². The minimum absolute atomic E-state index is 0.150. The van der Waals surface area contributed by atoms with E-state index in [-0.39, 0.29) is 31.2 Å². The number of imide groups is 1. The Kier molecular flexibility index (Phi) is 6.78. The molecule has 0 aliphatic carbocycles. The highest BCUT2D eigenvalue weighted by molar-refractivity contribution is 6.04. The number of benzene rings is 1. The van der Waals surface area contributed by atoms with E-state index in [0.29, 0.717) is 13.0 Å². The van der Waals surface area contributed by atoms with Crippen molar-refractivity contribution < 1.29 is 19.1 Å². The van der Waals surface area contributed by atoms with Crippen LogP contribution in [0.4, 0.5) is 4.79 Å². The molecule has 0 saturated carbocycles. The Morgan fingerprint density at radius 2 is 2.07 bits per heavy atom. The Morgan fingerprint density at radius 1 is 1.24 bits per heavy atom. The van der Waals surface area contributed by atoms with Gasteiger partial charge >= 0.3 is 6.03 Å². The van der Waals surface area contributed by atoms with E-state index in [0.717, 1.165) is 16.9 Å². The van der Waals surface area contributed by atoms with Crippen molar-refractivity contribution in [2.45, 2.75) is 31.8 Å². The van der Waals surface area contributed by atoms with Crippen molar-refractivity contribution in [2.24, 2.45) is 0 Å². The molecule has 2 N–H and O–H groups in total. The zero-order valence-electron chi connectivity index (χ0n) is 16.3. The Bertz CT molecular complexity index is 872. The van der Waals surface area contributed by atoms with Crippen LogP contribution in [0.5, 0.6) is 5.75 Å². The average Bonchev–Trinajstić information content (AvgIpc) is 3.02. The number of para-hydroxylation sites is 1. The van der Waals surface area contributed by atoms with Gasteiger partial charge in [0, 0.05) is 31.9 Å². The molecule has 2 aromatic rings. The highest BCUT2D eigenvalue weighted by Crippen LogP contribution is 2.19. The summed E-state index contributed by atoms with van der Waals surface area (Å²) < 4.78 is 5.30. The molecule has 1 aliphatic heterocycles. The zero-order valence-corrected chi connectivity index (χ0v) is 16.3. The molecule has 1 atom stereocenters. The van der Waals surface area contributed by atoms with Gasteiger partial charge in [-0.15, -0.1) is 0 Å². The van der Waals surface area contributed by atoms with Crippen molar-refractivity contribution in [3.8, 4) is 5.75 Å². The molecule has 0 bridgehead atoms. The van der Waals surface area contributed by atoms with Crippen LogP contribution in [-0.4, -0.2) is 47.4 Å². The maximum atomic E-state index is 12.6. The number of carbonyl (C=O) groups is 3. The highest BCUT2D eigenvalue weighted by Gasteiger charge is 2.37. The lowest BCUT2D eigenvalue weighted by atomic mass is 10.1. The normalized spacial score (nSPS) is 15.9. The molecule has 0 radical (unpaired) electrons. The number of hydrogen-bond acceptors (Lipinski definition) is 5. The SMILES string of the molecule is COc1ccccc1CCN1C(=O)N[C@H](CCC(=O)NCc2cccnc2)C1=O. The number of nitrogens with zero attached hydrogens (tertiary/aromatic N) is 2. The van der Waals surface area contributed by atoms with Crippen LogP contribution >= 0.6 is 0 Å².